The van der Waals surface area contributed by atoms with E-state index in [-0.39, 0.29) is 11.9 Å². The highest BCUT2D eigenvalue weighted by Crippen LogP contribution is 2.07. The molecule has 15 heavy (non-hydrogen) atoms. The molecule has 0 rings (SSSR count). The van der Waals surface area contributed by atoms with E-state index in [9.17, 15) is 4.79 Å². The van der Waals surface area contributed by atoms with Crippen molar-refractivity contribution in [1.82, 2.24) is 10.0 Å². The maximum atomic E-state index is 11.9. The molecule has 0 saturated heterocycles. The van der Waals surface area contributed by atoms with E-state index in [4.69, 9.17) is 5.73 Å². The predicted octanol–water partition coefficient (Wildman–Crippen LogP) is 1.22. The van der Waals surface area contributed by atoms with E-state index in [0.717, 1.165) is 19.5 Å². The van der Waals surface area contributed by atoms with Crippen LogP contribution in [0.25, 0.3) is 0 Å². The van der Waals surface area contributed by atoms with Crippen LogP contribution in [0.3, 0.4) is 0 Å². The van der Waals surface area contributed by atoms with Crippen LogP contribution in [0.2, 0.25) is 0 Å². The summed E-state index contributed by atoms with van der Waals surface area (Å²) in [5.41, 5.74) is 5.42. The molecule has 0 heterocycles. The number of hydrogen-bond acceptors (Lipinski definition) is 3. The minimum atomic E-state index is 0.128. The Bertz CT molecular complexity index is 183. The van der Waals surface area contributed by atoms with Crippen LogP contribution >= 0.6 is 0 Å². The number of amides is 1. The molecule has 0 spiro atoms. The molecule has 0 fully saturated rings. The van der Waals surface area contributed by atoms with Crippen LogP contribution in [0, 0.1) is 0 Å². The van der Waals surface area contributed by atoms with Gasteiger partial charge in [0.2, 0.25) is 5.91 Å². The molecule has 4 heteroatoms. The van der Waals surface area contributed by atoms with Crippen molar-refractivity contribution >= 4 is 5.91 Å². The first-order chi connectivity index (χ1) is 7.08. The van der Waals surface area contributed by atoms with Gasteiger partial charge in [-0.1, -0.05) is 13.8 Å². The standard InChI is InChI=1S/C11H25N3O/c1-5-9-13(6-2)14(10(3)4)11(15)7-8-12/h10H,5-9,12H2,1-4H3. The fourth-order valence-corrected chi connectivity index (χ4v) is 1.69. The molecule has 0 saturated carbocycles. The van der Waals surface area contributed by atoms with Gasteiger partial charge in [-0.05, 0) is 20.3 Å². The van der Waals surface area contributed by atoms with Crippen LogP contribution in [-0.2, 0) is 4.79 Å². The Morgan fingerprint density at radius 3 is 2.27 bits per heavy atom. The number of carbonyl (C=O) groups excluding carboxylic acids is 1. The highest BCUT2D eigenvalue weighted by Gasteiger charge is 2.21. The van der Waals surface area contributed by atoms with Gasteiger partial charge in [0.1, 0.15) is 0 Å². The predicted molar refractivity (Wildman–Crippen MR) is 63.2 cm³/mol. The fraction of sp³-hybridized carbons (Fsp3) is 0.909. The molecular formula is C11H25N3O. The molecule has 0 unspecified atom stereocenters. The van der Waals surface area contributed by atoms with Gasteiger partial charge in [0, 0.05) is 32.1 Å². The van der Waals surface area contributed by atoms with E-state index < -0.39 is 0 Å². The number of hydrazine groups is 1. The van der Waals surface area contributed by atoms with Gasteiger partial charge in [0.05, 0.1) is 0 Å². The van der Waals surface area contributed by atoms with Crippen LogP contribution < -0.4 is 5.73 Å². The van der Waals surface area contributed by atoms with Gasteiger partial charge in [0.25, 0.3) is 0 Å². The minimum absolute atomic E-state index is 0.128. The first-order valence-corrected chi connectivity index (χ1v) is 5.85. The summed E-state index contributed by atoms with van der Waals surface area (Å²) in [5.74, 6) is 0.128. The molecule has 0 radical (unpaired) electrons. The third-order valence-electron chi connectivity index (χ3n) is 2.25. The lowest BCUT2D eigenvalue weighted by Gasteiger charge is -2.37. The van der Waals surface area contributed by atoms with Crippen molar-refractivity contribution in [3.05, 3.63) is 0 Å². The van der Waals surface area contributed by atoms with Crippen molar-refractivity contribution in [1.29, 1.82) is 0 Å². The van der Waals surface area contributed by atoms with E-state index in [1.54, 1.807) is 0 Å². The number of rotatable bonds is 7. The summed E-state index contributed by atoms with van der Waals surface area (Å²) < 4.78 is 0. The van der Waals surface area contributed by atoms with Crippen LogP contribution in [-0.4, -0.2) is 41.6 Å². The zero-order chi connectivity index (χ0) is 11.8. The summed E-state index contributed by atoms with van der Waals surface area (Å²) in [6, 6.07) is 0.204. The topological polar surface area (TPSA) is 49.6 Å². The Hall–Kier alpha value is -0.610. The zero-order valence-electron chi connectivity index (χ0n) is 10.5. The lowest BCUT2D eigenvalue weighted by Crippen LogP contribution is -2.50. The highest BCUT2D eigenvalue weighted by molar-refractivity contribution is 5.76. The summed E-state index contributed by atoms with van der Waals surface area (Å²) >= 11 is 0. The number of hydrogen-bond donors (Lipinski definition) is 1. The van der Waals surface area contributed by atoms with Crippen LogP contribution in [0.15, 0.2) is 0 Å². The molecule has 0 aliphatic heterocycles. The second kappa shape index (κ2) is 7.65. The summed E-state index contributed by atoms with van der Waals surface area (Å²) in [5, 5.41) is 3.94. The van der Waals surface area contributed by atoms with Crippen LogP contribution in [0.1, 0.15) is 40.5 Å². The maximum Gasteiger partial charge on any atom is 0.238 e. The molecule has 0 atom stereocenters. The second-order valence-corrected chi connectivity index (χ2v) is 3.92. The molecule has 0 aliphatic rings. The molecule has 90 valence electrons. The van der Waals surface area contributed by atoms with E-state index in [1.807, 2.05) is 18.9 Å². The minimum Gasteiger partial charge on any atom is -0.330 e. The highest BCUT2D eigenvalue weighted by atomic mass is 16.2. The van der Waals surface area contributed by atoms with Crippen LogP contribution in [0.5, 0.6) is 0 Å². The molecule has 0 bridgehead atoms. The van der Waals surface area contributed by atoms with E-state index in [2.05, 4.69) is 18.9 Å². The third-order valence-corrected chi connectivity index (χ3v) is 2.25. The van der Waals surface area contributed by atoms with Gasteiger partial charge in [-0.25, -0.2) is 5.01 Å². The average molecular weight is 215 g/mol. The van der Waals surface area contributed by atoms with Gasteiger partial charge in [-0.15, -0.1) is 0 Å². The first kappa shape index (κ1) is 14.4. The van der Waals surface area contributed by atoms with Crippen molar-refractivity contribution in [3.63, 3.8) is 0 Å². The van der Waals surface area contributed by atoms with Gasteiger partial charge in [-0.3, -0.25) is 9.80 Å². The van der Waals surface area contributed by atoms with Gasteiger partial charge in [-0.2, -0.15) is 0 Å². The Labute approximate surface area is 93.4 Å². The normalized spacial score (nSPS) is 11.1. The van der Waals surface area contributed by atoms with Gasteiger partial charge < -0.3 is 5.73 Å². The van der Waals surface area contributed by atoms with Crippen molar-refractivity contribution < 1.29 is 4.79 Å². The lowest BCUT2D eigenvalue weighted by molar-refractivity contribution is -0.153. The quantitative estimate of drug-likeness (QED) is 0.650. The van der Waals surface area contributed by atoms with E-state index in [0.29, 0.717) is 13.0 Å². The molecule has 0 aromatic carbocycles. The fourth-order valence-electron chi connectivity index (χ4n) is 1.69. The average Bonchev–Trinajstić information content (AvgIpc) is 2.16. The van der Waals surface area contributed by atoms with E-state index >= 15 is 0 Å². The summed E-state index contributed by atoms with van der Waals surface area (Å²) in [4.78, 5) is 11.9. The van der Waals surface area contributed by atoms with Crippen molar-refractivity contribution in [3.8, 4) is 0 Å². The summed E-state index contributed by atoms with van der Waals surface area (Å²) in [6.45, 7) is 10.5. The summed E-state index contributed by atoms with van der Waals surface area (Å²) in [7, 11) is 0. The Morgan fingerprint density at radius 1 is 1.33 bits per heavy atom. The lowest BCUT2D eigenvalue weighted by atomic mass is 10.3. The van der Waals surface area contributed by atoms with Crippen LogP contribution in [0.4, 0.5) is 0 Å². The molecule has 0 aromatic heterocycles. The van der Waals surface area contributed by atoms with Gasteiger partial charge >= 0.3 is 0 Å². The molecule has 1 amide bonds. The smallest absolute Gasteiger partial charge is 0.238 e. The molecule has 0 aliphatic carbocycles. The number of carbonyl (C=O) groups is 1. The van der Waals surface area contributed by atoms with Crippen molar-refractivity contribution in [2.24, 2.45) is 5.73 Å². The molecular weight excluding hydrogens is 190 g/mol. The third kappa shape index (κ3) is 4.62. The monoisotopic (exact) mass is 215 g/mol. The van der Waals surface area contributed by atoms with Crippen molar-refractivity contribution in [2.45, 2.75) is 46.6 Å². The Balaban J connectivity index is 4.53. The number of nitrogens with two attached hydrogens (primary N) is 1. The largest absolute Gasteiger partial charge is 0.330 e. The Morgan fingerprint density at radius 2 is 1.93 bits per heavy atom. The van der Waals surface area contributed by atoms with Crippen molar-refractivity contribution in [2.75, 3.05) is 19.6 Å². The SMILES string of the molecule is CCCN(CC)N(C(=O)CCN)C(C)C. The number of nitrogens with zero attached hydrogens (tertiary/aromatic N) is 2. The maximum absolute atomic E-state index is 11.9. The van der Waals surface area contributed by atoms with Gasteiger partial charge in [0.15, 0.2) is 0 Å². The van der Waals surface area contributed by atoms with E-state index in [1.165, 1.54) is 0 Å². The molecule has 2 N–H and O–H groups in total. The first-order valence-electron chi connectivity index (χ1n) is 5.85. The zero-order valence-corrected chi connectivity index (χ0v) is 10.5. The second-order valence-electron chi connectivity index (χ2n) is 3.92. The summed E-state index contributed by atoms with van der Waals surface area (Å²) in [6.07, 6.45) is 1.48. The molecule has 0 aromatic rings. The molecule has 4 nitrogen and oxygen atoms in total. The Kier molecular flexibility index (Phi) is 7.34.